The first-order chi connectivity index (χ1) is 10.1. The predicted molar refractivity (Wildman–Crippen MR) is 87.7 cm³/mol. The van der Waals surface area contributed by atoms with Gasteiger partial charge in [-0.1, -0.05) is 42.8 Å². The van der Waals surface area contributed by atoms with E-state index in [1.807, 2.05) is 56.3 Å². The van der Waals surface area contributed by atoms with Crippen LogP contribution < -0.4 is 10.6 Å². The van der Waals surface area contributed by atoms with Gasteiger partial charge >= 0.3 is 0 Å². The molecule has 0 saturated carbocycles. The second kappa shape index (κ2) is 7.04. The molecule has 0 aromatic heterocycles. The van der Waals surface area contributed by atoms with Crippen molar-refractivity contribution in [3.63, 3.8) is 0 Å². The van der Waals surface area contributed by atoms with Crippen molar-refractivity contribution in [1.82, 2.24) is 5.32 Å². The number of benzene rings is 2. The maximum absolute atomic E-state index is 12.4. The number of hydrogen-bond donors (Lipinski definition) is 2. The lowest BCUT2D eigenvalue weighted by molar-refractivity contribution is 0.102. The Morgan fingerprint density at radius 1 is 1.10 bits per heavy atom. The summed E-state index contributed by atoms with van der Waals surface area (Å²) < 4.78 is 0. The Morgan fingerprint density at radius 3 is 2.57 bits per heavy atom. The fourth-order valence-corrected chi connectivity index (χ4v) is 2.31. The molecule has 0 spiro atoms. The van der Waals surface area contributed by atoms with Crippen LogP contribution in [0.2, 0.25) is 0 Å². The van der Waals surface area contributed by atoms with Crippen molar-refractivity contribution in [2.45, 2.75) is 27.3 Å². The largest absolute Gasteiger partial charge is 0.322 e. The molecular weight excluding hydrogens is 260 g/mol. The molecule has 21 heavy (non-hydrogen) atoms. The van der Waals surface area contributed by atoms with Crippen molar-refractivity contribution in [1.29, 1.82) is 0 Å². The van der Waals surface area contributed by atoms with Crippen LogP contribution in [0.5, 0.6) is 0 Å². The summed E-state index contributed by atoms with van der Waals surface area (Å²) in [6, 6.07) is 13.8. The van der Waals surface area contributed by atoms with Gasteiger partial charge in [-0.15, -0.1) is 0 Å². The maximum Gasteiger partial charge on any atom is 0.255 e. The van der Waals surface area contributed by atoms with Gasteiger partial charge in [0.2, 0.25) is 0 Å². The lowest BCUT2D eigenvalue weighted by Crippen LogP contribution is -2.17. The first-order valence-corrected chi connectivity index (χ1v) is 7.29. The molecule has 2 rings (SSSR count). The van der Waals surface area contributed by atoms with Crippen molar-refractivity contribution < 1.29 is 4.79 Å². The SMILES string of the molecule is CCNCc1ccccc1NC(=O)c1ccc(C)cc1C. The molecule has 0 bridgehead atoms. The van der Waals surface area contributed by atoms with Gasteiger partial charge in [-0.05, 0) is 43.7 Å². The average molecular weight is 282 g/mol. The Bertz CT molecular complexity index is 635. The van der Waals surface area contributed by atoms with Gasteiger partial charge in [0.05, 0.1) is 0 Å². The standard InChI is InChI=1S/C18H22N2O/c1-4-19-12-15-7-5-6-8-17(15)20-18(21)16-10-9-13(2)11-14(16)3/h5-11,19H,4,12H2,1-3H3,(H,20,21). The Morgan fingerprint density at radius 2 is 1.86 bits per heavy atom. The van der Waals surface area contributed by atoms with Crippen molar-refractivity contribution in [2.75, 3.05) is 11.9 Å². The first-order valence-electron chi connectivity index (χ1n) is 7.29. The molecule has 0 heterocycles. The lowest BCUT2D eigenvalue weighted by atomic mass is 10.0. The van der Waals surface area contributed by atoms with Crippen molar-refractivity contribution in [3.05, 3.63) is 64.7 Å². The van der Waals surface area contributed by atoms with Gasteiger partial charge in [-0.25, -0.2) is 0 Å². The van der Waals surface area contributed by atoms with Gasteiger partial charge in [0, 0.05) is 17.8 Å². The van der Waals surface area contributed by atoms with Crippen molar-refractivity contribution >= 4 is 11.6 Å². The fourth-order valence-electron chi connectivity index (χ4n) is 2.31. The van der Waals surface area contributed by atoms with E-state index < -0.39 is 0 Å². The summed E-state index contributed by atoms with van der Waals surface area (Å²) in [6.07, 6.45) is 0. The van der Waals surface area contributed by atoms with Gasteiger partial charge in [-0.2, -0.15) is 0 Å². The third-order valence-electron chi connectivity index (χ3n) is 3.46. The molecule has 3 nitrogen and oxygen atoms in total. The third kappa shape index (κ3) is 3.92. The minimum Gasteiger partial charge on any atom is -0.322 e. The Labute approximate surface area is 126 Å². The van der Waals surface area contributed by atoms with E-state index in [-0.39, 0.29) is 5.91 Å². The van der Waals surface area contributed by atoms with Gasteiger partial charge in [0.1, 0.15) is 0 Å². The van der Waals surface area contributed by atoms with Crippen LogP contribution in [0.15, 0.2) is 42.5 Å². The highest BCUT2D eigenvalue weighted by atomic mass is 16.1. The molecule has 1 amide bonds. The summed E-state index contributed by atoms with van der Waals surface area (Å²) in [5.74, 6) is -0.0588. The van der Waals surface area contributed by atoms with Crippen LogP contribution in [0.4, 0.5) is 5.69 Å². The molecule has 0 fully saturated rings. The molecule has 0 unspecified atom stereocenters. The van der Waals surface area contributed by atoms with Crippen molar-refractivity contribution in [3.8, 4) is 0 Å². The molecular formula is C18H22N2O. The van der Waals surface area contributed by atoms with Crippen LogP contribution in [0.1, 0.15) is 34.0 Å². The summed E-state index contributed by atoms with van der Waals surface area (Å²) in [5.41, 5.74) is 4.84. The minimum atomic E-state index is -0.0588. The van der Waals surface area contributed by atoms with E-state index in [1.54, 1.807) is 0 Å². The molecule has 0 aliphatic rings. The molecule has 2 aromatic carbocycles. The zero-order valence-corrected chi connectivity index (χ0v) is 12.9. The van der Waals surface area contributed by atoms with E-state index in [9.17, 15) is 4.79 Å². The minimum absolute atomic E-state index is 0.0588. The van der Waals surface area contributed by atoms with Crippen LogP contribution in [-0.4, -0.2) is 12.5 Å². The zero-order chi connectivity index (χ0) is 15.2. The molecule has 2 N–H and O–H groups in total. The van der Waals surface area contributed by atoms with E-state index >= 15 is 0 Å². The van der Waals surface area contributed by atoms with Crippen LogP contribution in [0.3, 0.4) is 0 Å². The number of amides is 1. The number of carbonyl (C=O) groups is 1. The Balaban J connectivity index is 2.19. The van der Waals surface area contributed by atoms with Gasteiger partial charge in [-0.3, -0.25) is 4.79 Å². The summed E-state index contributed by atoms with van der Waals surface area (Å²) in [7, 11) is 0. The Kier molecular flexibility index (Phi) is 5.12. The van der Waals surface area contributed by atoms with E-state index in [4.69, 9.17) is 0 Å². The number of nitrogens with one attached hydrogen (secondary N) is 2. The number of hydrogen-bond acceptors (Lipinski definition) is 2. The van der Waals surface area contributed by atoms with E-state index in [2.05, 4.69) is 17.6 Å². The van der Waals surface area contributed by atoms with E-state index in [1.165, 1.54) is 0 Å². The molecule has 0 atom stereocenters. The molecule has 2 aromatic rings. The van der Waals surface area contributed by atoms with Crippen LogP contribution in [-0.2, 0) is 6.54 Å². The molecule has 3 heteroatoms. The zero-order valence-electron chi connectivity index (χ0n) is 12.9. The molecule has 0 aliphatic heterocycles. The predicted octanol–water partition coefficient (Wildman–Crippen LogP) is 3.67. The highest BCUT2D eigenvalue weighted by molar-refractivity contribution is 6.05. The smallest absolute Gasteiger partial charge is 0.255 e. The van der Waals surface area contributed by atoms with E-state index in [0.717, 1.165) is 41.0 Å². The average Bonchev–Trinajstić information content (AvgIpc) is 2.46. The highest BCUT2D eigenvalue weighted by Gasteiger charge is 2.11. The molecule has 110 valence electrons. The first kappa shape index (κ1) is 15.3. The van der Waals surface area contributed by atoms with Crippen LogP contribution >= 0.6 is 0 Å². The summed E-state index contributed by atoms with van der Waals surface area (Å²) in [5, 5.41) is 6.30. The molecule has 0 aliphatic carbocycles. The highest BCUT2D eigenvalue weighted by Crippen LogP contribution is 2.18. The number of rotatable bonds is 5. The third-order valence-corrected chi connectivity index (χ3v) is 3.46. The number of carbonyl (C=O) groups excluding carboxylic acids is 1. The normalized spacial score (nSPS) is 10.4. The quantitative estimate of drug-likeness (QED) is 0.878. The second-order valence-corrected chi connectivity index (χ2v) is 5.21. The van der Waals surface area contributed by atoms with E-state index in [0.29, 0.717) is 0 Å². The van der Waals surface area contributed by atoms with Crippen LogP contribution in [0.25, 0.3) is 0 Å². The van der Waals surface area contributed by atoms with Gasteiger partial charge in [0.25, 0.3) is 5.91 Å². The monoisotopic (exact) mass is 282 g/mol. The lowest BCUT2D eigenvalue weighted by Gasteiger charge is -2.12. The summed E-state index contributed by atoms with van der Waals surface area (Å²) in [6.45, 7) is 7.71. The molecule has 0 radical (unpaired) electrons. The number of anilines is 1. The maximum atomic E-state index is 12.4. The Hall–Kier alpha value is -2.13. The fraction of sp³-hybridized carbons (Fsp3) is 0.278. The number of para-hydroxylation sites is 1. The van der Waals surface area contributed by atoms with Gasteiger partial charge < -0.3 is 10.6 Å². The number of aryl methyl sites for hydroxylation is 2. The summed E-state index contributed by atoms with van der Waals surface area (Å²) >= 11 is 0. The second-order valence-electron chi connectivity index (χ2n) is 5.21. The van der Waals surface area contributed by atoms with Gasteiger partial charge in [0.15, 0.2) is 0 Å². The topological polar surface area (TPSA) is 41.1 Å². The molecule has 0 saturated heterocycles. The summed E-state index contributed by atoms with van der Waals surface area (Å²) in [4.78, 5) is 12.4. The van der Waals surface area contributed by atoms with Crippen LogP contribution in [0, 0.1) is 13.8 Å². The van der Waals surface area contributed by atoms with Crippen molar-refractivity contribution in [2.24, 2.45) is 0 Å².